The Hall–Kier alpha value is -1.06. The Morgan fingerprint density at radius 3 is 2.27 bits per heavy atom. The van der Waals surface area contributed by atoms with Crippen LogP contribution in [-0.2, 0) is 9.59 Å². The Balaban J connectivity index is 3.60. The summed E-state index contributed by atoms with van der Waals surface area (Å²) < 4.78 is 0. The molecule has 0 saturated heterocycles. The van der Waals surface area contributed by atoms with Crippen LogP contribution in [0.4, 0.5) is 0 Å². The van der Waals surface area contributed by atoms with E-state index >= 15 is 0 Å². The third-order valence-electron chi connectivity index (χ3n) is 2.10. The van der Waals surface area contributed by atoms with Gasteiger partial charge in [0.05, 0.1) is 0 Å². The van der Waals surface area contributed by atoms with E-state index in [9.17, 15) is 9.59 Å². The first-order valence-corrected chi connectivity index (χ1v) is 5.40. The zero-order valence-corrected chi connectivity index (χ0v) is 9.75. The second kappa shape index (κ2) is 7.26. The first-order chi connectivity index (χ1) is 6.91. The first-order valence-electron chi connectivity index (χ1n) is 5.40. The summed E-state index contributed by atoms with van der Waals surface area (Å²) >= 11 is 0. The minimum Gasteiger partial charge on any atom is -0.481 e. The molecule has 1 atom stereocenters. The highest BCUT2D eigenvalue weighted by atomic mass is 16.4. The van der Waals surface area contributed by atoms with Crippen LogP contribution in [0.1, 0.15) is 40.0 Å². The lowest BCUT2D eigenvalue weighted by molar-refractivity contribution is -0.138. The highest BCUT2D eigenvalue weighted by Gasteiger charge is 2.12. The average Bonchev–Trinajstić information content (AvgIpc) is 2.00. The van der Waals surface area contributed by atoms with Crippen LogP contribution in [0.3, 0.4) is 0 Å². The van der Waals surface area contributed by atoms with Crippen molar-refractivity contribution in [2.75, 3.05) is 6.54 Å². The van der Waals surface area contributed by atoms with E-state index in [0.29, 0.717) is 18.9 Å². The largest absolute Gasteiger partial charge is 0.481 e. The zero-order chi connectivity index (χ0) is 11.8. The maximum atomic E-state index is 11.3. The molecule has 0 aliphatic carbocycles. The second-order valence-corrected chi connectivity index (χ2v) is 4.44. The van der Waals surface area contributed by atoms with E-state index in [1.54, 1.807) is 6.92 Å². The summed E-state index contributed by atoms with van der Waals surface area (Å²) in [6.45, 7) is 6.64. The summed E-state index contributed by atoms with van der Waals surface area (Å²) in [5, 5.41) is 11.3. The Morgan fingerprint density at radius 1 is 1.20 bits per heavy atom. The minimum atomic E-state index is -0.850. The van der Waals surface area contributed by atoms with Gasteiger partial charge in [-0.1, -0.05) is 20.8 Å². The summed E-state index contributed by atoms with van der Waals surface area (Å²) in [4.78, 5) is 21.7. The summed E-state index contributed by atoms with van der Waals surface area (Å²) in [6.07, 6.45) is 1.31. The summed E-state index contributed by atoms with van der Waals surface area (Å²) in [7, 11) is 0. The molecule has 0 radical (unpaired) electrons. The number of carbonyl (C=O) groups is 2. The lowest BCUT2D eigenvalue weighted by Gasteiger charge is -2.10. The molecule has 0 aliphatic rings. The van der Waals surface area contributed by atoms with Gasteiger partial charge in [0.2, 0.25) is 5.91 Å². The molecule has 4 heteroatoms. The van der Waals surface area contributed by atoms with E-state index in [0.717, 1.165) is 6.42 Å². The van der Waals surface area contributed by atoms with Gasteiger partial charge < -0.3 is 10.4 Å². The van der Waals surface area contributed by atoms with Crippen LogP contribution >= 0.6 is 0 Å². The van der Waals surface area contributed by atoms with Gasteiger partial charge in [0.25, 0.3) is 0 Å². The van der Waals surface area contributed by atoms with Gasteiger partial charge in [-0.25, -0.2) is 0 Å². The van der Waals surface area contributed by atoms with E-state index < -0.39 is 5.97 Å². The molecule has 88 valence electrons. The van der Waals surface area contributed by atoms with Gasteiger partial charge in [-0.05, 0) is 18.3 Å². The van der Waals surface area contributed by atoms with Gasteiger partial charge in [0.1, 0.15) is 0 Å². The smallest absolute Gasteiger partial charge is 0.303 e. The summed E-state index contributed by atoms with van der Waals surface area (Å²) in [5.41, 5.74) is 0. The van der Waals surface area contributed by atoms with E-state index in [-0.39, 0.29) is 18.2 Å². The zero-order valence-electron chi connectivity index (χ0n) is 9.75. The van der Waals surface area contributed by atoms with E-state index in [1.165, 1.54) is 0 Å². The van der Waals surface area contributed by atoms with E-state index in [2.05, 4.69) is 19.2 Å². The standard InChI is InChI=1S/C11H21NO3/c1-8(2)4-5-12-10(13)6-9(3)7-11(14)15/h8-9H,4-7H2,1-3H3,(H,12,13)(H,14,15). The van der Waals surface area contributed by atoms with Crippen molar-refractivity contribution in [3.63, 3.8) is 0 Å². The minimum absolute atomic E-state index is 0.0515. The molecule has 15 heavy (non-hydrogen) atoms. The lowest BCUT2D eigenvalue weighted by Crippen LogP contribution is -2.27. The number of carboxylic acids is 1. The molecule has 1 unspecified atom stereocenters. The molecule has 0 fully saturated rings. The fourth-order valence-corrected chi connectivity index (χ4v) is 1.26. The predicted molar refractivity (Wildman–Crippen MR) is 58.5 cm³/mol. The van der Waals surface area contributed by atoms with Gasteiger partial charge in [-0.3, -0.25) is 9.59 Å². The normalized spacial score (nSPS) is 12.5. The number of hydrogen-bond donors (Lipinski definition) is 2. The number of nitrogens with one attached hydrogen (secondary N) is 1. The van der Waals surface area contributed by atoms with Crippen molar-refractivity contribution in [1.29, 1.82) is 0 Å². The Morgan fingerprint density at radius 2 is 1.80 bits per heavy atom. The number of carbonyl (C=O) groups excluding carboxylic acids is 1. The van der Waals surface area contributed by atoms with E-state index in [1.807, 2.05) is 0 Å². The predicted octanol–water partition coefficient (Wildman–Crippen LogP) is 1.65. The van der Waals surface area contributed by atoms with Gasteiger partial charge >= 0.3 is 5.97 Å². The third-order valence-corrected chi connectivity index (χ3v) is 2.10. The first kappa shape index (κ1) is 13.9. The average molecular weight is 215 g/mol. The van der Waals surface area contributed by atoms with Crippen LogP contribution in [-0.4, -0.2) is 23.5 Å². The molecule has 2 N–H and O–H groups in total. The van der Waals surface area contributed by atoms with Crippen molar-refractivity contribution in [1.82, 2.24) is 5.32 Å². The maximum absolute atomic E-state index is 11.3. The van der Waals surface area contributed by atoms with E-state index in [4.69, 9.17) is 5.11 Å². The summed E-state index contributed by atoms with van der Waals surface area (Å²) in [6, 6.07) is 0. The molecule has 0 spiro atoms. The van der Waals surface area contributed by atoms with Crippen LogP contribution < -0.4 is 5.32 Å². The molecule has 0 aromatic carbocycles. The van der Waals surface area contributed by atoms with Gasteiger partial charge in [0, 0.05) is 19.4 Å². The van der Waals surface area contributed by atoms with Crippen LogP contribution in [0.2, 0.25) is 0 Å². The molecule has 0 aromatic heterocycles. The lowest BCUT2D eigenvalue weighted by atomic mass is 10.0. The molecule has 0 aliphatic heterocycles. The summed E-state index contributed by atoms with van der Waals surface area (Å²) in [5.74, 6) is -0.426. The quantitative estimate of drug-likeness (QED) is 0.678. The van der Waals surface area contributed by atoms with Gasteiger partial charge in [-0.2, -0.15) is 0 Å². The number of carboxylic acid groups (broad SMARTS) is 1. The molecule has 0 heterocycles. The number of hydrogen-bond acceptors (Lipinski definition) is 2. The number of amides is 1. The van der Waals surface area contributed by atoms with Crippen LogP contribution in [0.25, 0.3) is 0 Å². The Labute approximate surface area is 91.1 Å². The molecular weight excluding hydrogens is 194 g/mol. The van der Waals surface area contributed by atoms with Crippen molar-refractivity contribution < 1.29 is 14.7 Å². The molecule has 1 amide bonds. The second-order valence-electron chi connectivity index (χ2n) is 4.44. The van der Waals surface area contributed by atoms with Crippen molar-refractivity contribution in [2.24, 2.45) is 11.8 Å². The van der Waals surface area contributed by atoms with Crippen molar-refractivity contribution >= 4 is 11.9 Å². The van der Waals surface area contributed by atoms with Crippen LogP contribution in [0, 0.1) is 11.8 Å². The highest BCUT2D eigenvalue weighted by Crippen LogP contribution is 2.07. The van der Waals surface area contributed by atoms with Crippen molar-refractivity contribution in [3.05, 3.63) is 0 Å². The maximum Gasteiger partial charge on any atom is 0.303 e. The molecule has 0 bridgehead atoms. The monoisotopic (exact) mass is 215 g/mol. The molecular formula is C11H21NO3. The van der Waals surface area contributed by atoms with Crippen LogP contribution in [0.5, 0.6) is 0 Å². The number of rotatable bonds is 7. The van der Waals surface area contributed by atoms with Crippen molar-refractivity contribution in [2.45, 2.75) is 40.0 Å². The molecule has 0 saturated carbocycles. The topological polar surface area (TPSA) is 66.4 Å². The molecule has 0 rings (SSSR count). The van der Waals surface area contributed by atoms with Gasteiger partial charge in [-0.15, -0.1) is 0 Å². The Bertz CT molecular complexity index is 214. The van der Waals surface area contributed by atoms with Crippen molar-refractivity contribution in [3.8, 4) is 0 Å². The molecule has 0 aromatic rings. The van der Waals surface area contributed by atoms with Crippen LogP contribution in [0.15, 0.2) is 0 Å². The fraction of sp³-hybridized carbons (Fsp3) is 0.818. The highest BCUT2D eigenvalue weighted by molar-refractivity contribution is 5.77. The van der Waals surface area contributed by atoms with Gasteiger partial charge in [0.15, 0.2) is 0 Å². The fourth-order valence-electron chi connectivity index (χ4n) is 1.26. The SMILES string of the molecule is CC(C)CCNC(=O)CC(C)CC(=O)O. The number of aliphatic carboxylic acids is 1. The molecule has 4 nitrogen and oxygen atoms in total. The third kappa shape index (κ3) is 9.25. The Kier molecular flexibility index (Phi) is 6.75.